The number of benzene rings is 3. The molecule has 0 atom stereocenters. The molecular formula is C23H23NO3S. The largest absolute Gasteiger partial charge is 0.326 e. The lowest BCUT2D eigenvalue weighted by atomic mass is 10.0. The highest BCUT2D eigenvalue weighted by Crippen LogP contribution is 2.20. The molecule has 5 heteroatoms. The van der Waals surface area contributed by atoms with E-state index in [0.717, 1.165) is 16.7 Å². The van der Waals surface area contributed by atoms with Crippen LogP contribution in [-0.4, -0.2) is 20.1 Å². The summed E-state index contributed by atoms with van der Waals surface area (Å²) < 4.78 is 24.9. The Bertz CT molecular complexity index is 1040. The number of sulfone groups is 1. The Kier molecular flexibility index (Phi) is 6.26. The minimum atomic E-state index is -3.48. The number of para-hydroxylation sites is 1. The molecule has 0 heterocycles. The zero-order valence-electron chi connectivity index (χ0n) is 15.8. The predicted molar refractivity (Wildman–Crippen MR) is 112 cm³/mol. The standard InChI is InChI=1S/C23H23NO3S/c1-18-11-13-21(14-12-18)28(26,27)16-15-23(25)24-22-10-6-5-9-20(22)17-19-7-3-2-4-8-19/h2-14H,15-17H2,1H3,(H,24,25). The van der Waals surface area contributed by atoms with Crippen molar-refractivity contribution in [1.82, 2.24) is 0 Å². The van der Waals surface area contributed by atoms with E-state index in [0.29, 0.717) is 12.1 Å². The van der Waals surface area contributed by atoms with Crippen molar-refractivity contribution in [2.24, 2.45) is 0 Å². The molecule has 28 heavy (non-hydrogen) atoms. The summed E-state index contributed by atoms with van der Waals surface area (Å²) in [6, 6.07) is 24.2. The van der Waals surface area contributed by atoms with E-state index in [-0.39, 0.29) is 23.0 Å². The molecule has 0 unspecified atom stereocenters. The fraction of sp³-hybridized carbons (Fsp3) is 0.174. The van der Waals surface area contributed by atoms with Gasteiger partial charge in [0.05, 0.1) is 10.6 Å². The maximum Gasteiger partial charge on any atom is 0.225 e. The Balaban J connectivity index is 1.64. The number of carbonyl (C=O) groups is 1. The quantitative estimate of drug-likeness (QED) is 0.648. The Hall–Kier alpha value is -2.92. The number of carbonyl (C=O) groups excluding carboxylic acids is 1. The molecule has 0 saturated heterocycles. The van der Waals surface area contributed by atoms with Crippen LogP contribution in [0.4, 0.5) is 5.69 Å². The monoisotopic (exact) mass is 393 g/mol. The summed E-state index contributed by atoms with van der Waals surface area (Å²) in [5.74, 6) is -0.529. The molecule has 3 aromatic carbocycles. The molecule has 0 aliphatic carbocycles. The third kappa shape index (κ3) is 5.30. The maximum atomic E-state index is 12.4. The molecule has 3 rings (SSSR count). The van der Waals surface area contributed by atoms with E-state index in [1.165, 1.54) is 0 Å². The molecule has 0 radical (unpaired) electrons. The number of amides is 1. The van der Waals surface area contributed by atoms with Crippen LogP contribution in [0.5, 0.6) is 0 Å². The number of nitrogens with one attached hydrogen (secondary N) is 1. The Morgan fingerprint density at radius 1 is 0.857 bits per heavy atom. The summed E-state index contributed by atoms with van der Waals surface area (Å²) >= 11 is 0. The SMILES string of the molecule is Cc1ccc(S(=O)(=O)CCC(=O)Nc2ccccc2Cc2ccccc2)cc1. The molecule has 1 N–H and O–H groups in total. The lowest BCUT2D eigenvalue weighted by molar-refractivity contribution is -0.115. The molecule has 0 bridgehead atoms. The summed E-state index contributed by atoms with van der Waals surface area (Å²) in [6.07, 6.45) is 0.606. The minimum Gasteiger partial charge on any atom is -0.326 e. The second-order valence-corrected chi connectivity index (χ2v) is 8.86. The third-order valence-electron chi connectivity index (χ3n) is 4.51. The number of aryl methyl sites for hydroxylation is 1. The van der Waals surface area contributed by atoms with E-state index in [1.807, 2.05) is 61.5 Å². The number of hydrogen-bond donors (Lipinski definition) is 1. The third-order valence-corrected chi connectivity index (χ3v) is 6.24. The zero-order valence-corrected chi connectivity index (χ0v) is 16.6. The van der Waals surface area contributed by atoms with E-state index in [1.54, 1.807) is 24.3 Å². The van der Waals surface area contributed by atoms with Crippen molar-refractivity contribution in [2.75, 3.05) is 11.1 Å². The van der Waals surface area contributed by atoms with Crippen LogP contribution in [0.25, 0.3) is 0 Å². The van der Waals surface area contributed by atoms with E-state index in [2.05, 4.69) is 5.32 Å². The second kappa shape index (κ2) is 8.85. The summed E-state index contributed by atoms with van der Waals surface area (Å²) in [5.41, 5.74) is 3.84. The van der Waals surface area contributed by atoms with Gasteiger partial charge >= 0.3 is 0 Å². The van der Waals surface area contributed by atoms with E-state index in [4.69, 9.17) is 0 Å². The van der Waals surface area contributed by atoms with Crippen molar-refractivity contribution < 1.29 is 13.2 Å². The first-order valence-electron chi connectivity index (χ1n) is 9.15. The van der Waals surface area contributed by atoms with Gasteiger partial charge in [0.25, 0.3) is 0 Å². The van der Waals surface area contributed by atoms with E-state index >= 15 is 0 Å². The Morgan fingerprint density at radius 2 is 1.50 bits per heavy atom. The highest BCUT2D eigenvalue weighted by molar-refractivity contribution is 7.91. The maximum absolute atomic E-state index is 12.4. The summed E-state index contributed by atoms with van der Waals surface area (Å²) in [4.78, 5) is 12.6. The van der Waals surface area contributed by atoms with Crippen LogP contribution in [0.15, 0.2) is 83.8 Å². The lowest BCUT2D eigenvalue weighted by Crippen LogP contribution is -2.18. The van der Waals surface area contributed by atoms with Crippen LogP contribution in [0.1, 0.15) is 23.1 Å². The van der Waals surface area contributed by atoms with Gasteiger partial charge in [0, 0.05) is 12.1 Å². The van der Waals surface area contributed by atoms with Crippen molar-refractivity contribution in [3.8, 4) is 0 Å². The molecule has 1 amide bonds. The molecule has 0 aliphatic rings. The van der Waals surface area contributed by atoms with Crippen molar-refractivity contribution >= 4 is 21.4 Å². The van der Waals surface area contributed by atoms with Crippen molar-refractivity contribution in [3.05, 3.63) is 95.6 Å². The molecule has 144 valence electrons. The Morgan fingerprint density at radius 3 is 2.21 bits per heavy atom. The number of rotatable bonds is 7. The summed E-state index contributed by atoms with van der Waals surface area (Å²) in [5, 5.41) is 2.86. The Labute approximate surface area is 166 Å². The van der Waals surface area contributed by atoms with Gasteiger partial charge in [-0.2, -0.15) is 0 Å². The van der Waals surface area contributed by atoms with E-state index < -0.39 is 9.84 Å². The predicted octanol–water partition coefficient (Wildman–Crippen LogP) is 4.39. The van der Waals surface area contributed by atoms with Crippen LogP contribution in [-0.2, 0) is 21.1 Å². The average Bonchev–Trinajstić information content (AvgIpc) is 2.69. The lowest BCUT2D eigenvalue weighted by Gasteiger charge is -2.11. The smallest absolute Gasteiger partial charge is 0.225 e. The van der Waals surface area contributed by atoms with E-state index in [9.17, 15) is 13.2 Å². The second-order valence-electron chi connectivity index (χ2n) is 6.75. The minimum absolute atomic E-state index is 0.0874. The van der Waals surface area contributed by atoms with Crippen LogP contribution in [0.3, 0.4) is 0 Å². The van der Waals surface area contributed by atoms with Gasteiger partial charge in [0.1, 0.15) is 0 Å². The topological polar surface area (TPSA) is 63.2 Å². The van der Waals surface area contributed by atoms with Crippen molar-refractivity contribution in [1.29, 1.82) is 0 Å². The first-order valence-corrected chi connectivity index (χ1v) is 10.8. The molecule has 0 fully saturated rings. The molecule has 3 aromatic rings. The molecule has 0 spiro atoms. The van der Waals surface area contributed by atoms with Crippen molar-refractivity contribution in [2.45, 2.75) is 24.7 Å². The van der Waals surface area contributed by atoms with Gasteiger partial charge < -0.3 is 5.32 Å². The normalized spacial score (nSPS) is 11.2. The average molecular weight is 394 g/mol. The molecule has 0 aliphatic heterocycles. The van der Waals surface area contributed by atoms with Crippen LogP contribution >= 0.6 is 0 Å². The number of hydrogen-bond acceptors (Lipinski definition) is 3. The first-order chi connectivity index (χ1) is 13.4. The van der Waals surface area contributed by atoms with Crippen molar-refractivity contribution in [3.63, 3.8) is 0 Å². The van der Waals surface area contributed by atoms with Gasteiger partial charge in [-0.05, 0) is 42.7 Å². The highest BCUT2D eigenvalue weighted by atomic mass is 32.2. The van der Waals surface area contributed by atoms with Crippen LogP contribution in [0, 0.1) is 6.92 Å². The molecule has 0 aromatic heterocycles. The fourth-order valence-electron chi connectivity index (χ4n) is 2.92. The number of anilines is 1. The van der Waals surface area contributed by atoms with Crippen LogP contribution < -0.4 is 5.32 Å². The summed E-state index contributed by atoms with van der Waals surface area (Å²) in [7, 11) is -3.48. The van der Waals surface area contributed by atoms with Gasteiger partial charge in [-0.25, -0.2) is 8.42 Å². The van der Waals surface area contributed by atoms with Gasteiger partial charge in [-0.1, -0.05) is 66.2 Å². The van der Waals surface area contributed by atoms with Gasteiger partial charge in [-0.15, -0.1) is 0 Å². The van der Waals surface area contributed by atoms with Crippen LogP contribution in [0.2, 0.25) is 0 Å². The van der Waals surface area contributed by atoms with Gasteiger partial charge in [0.2, 0.25) is 5.91 Å². The molecular weight excluding hydrogens is 370 g/mol. The molecule has 0 saturated carbocycles. The highest BCUT2D eigenvalue weighted by Gasteiger charge is 2.17. The molecule has 4 nitrogen and oxygen atoms in total. The zero-order chi connectivity index (χ0) is 20.0. The first kappa shape index (κ1) is 19.8. The van der Waals surface area contributed by atoms with Gasteiger partial charge in [-0.3, -0.25) is 4.79 Å². The summed E-state index contributed by atoms with van der Waals surface area (Å²) in [6.45, 7) is 1.90. The van der Waals surface area contributed by atoms with Gasteiger partial charge in [0.15, 0.2) is 9.84 Å². The fourth-order valence-corrected chi connectivity index (χ4v) is 4.16.